The molecule has 0 aliphatic carbocycles. The third-order valence-electron chi connectivity index (χ3n) is 1.92. The van der Waals surface area contributed by atoms with Crippen molar-refractivity contribution in [3.63, 3.8) is 0 Å². The lowest BCUT2D eigenvalue weighted by Gasteiger charge is -2.07. The van der Waals surface area contributed by atoms with Gasteiger partial charge in [0.1, 0.15) is 5.75 Å². The fraction of sp³-hybridized carbons (Fsp3) is 0.400. The summed E-state index contributed by atoms with van der Waals surface area (Å²) >= 11 is 0. The number of hydrogen-bond acceptors (Lipinski definition) is 4. The van der Waals surface area contributed by atoms with Crippen molar-refractivity contribution in [1.82, 2.24) is 10.3 Å². The summed E-state index contributed by atoms with van der Waals surface area (Å²) in [5.41, 5.74) is 5.81. The normalized spacial score (nSPS) is 9.73. The minimum absolute atomic E-state index is 0.164. The fourth-order valence-corrected chi connectivity index (χ4v) is 1.13. The number of pyridine rings is 1. The Morgan fingerprint density at radius 2 is 2.47 bits per heavy atom. The molecule has 5 heteroatoms. The lowest BCUT2D eigenvalue weighted by atomic mass is 10.2. The van der Waals surface area contributed by atoms with E-state index in [0.29, 0.717) is 24.4 Å². The number of rotatable bonds is 5. The molecule has 1 rings (SSSR count). The number of amides is 1. The van der Waals surface area contributed by atoms with E-state index in [-0.39, 0.29) is 5.91 Å². The molecule has 1 aromatic heterocycles. The summed E-state index contributed by atoms with van der Waals surface area (Å²) in [7, 11) is 1.51. The minimum Gasteiger partial charge on any atom is -0.494 e. The van der Waals surface area contributed by atoms with Crippen LogP contribution in [-0.2, 0) is 0 Å². The Morgan fingerprint density at radius 3 is 3.13 bits per heavy atom. The number of aromatic nitrogens is 1. The number of carbonyl (C=O) groups is 1. The van der Waals surface area contributed by atoms with Gasteiger partial charge in [0.15, 0.2) is 0 Å². The predicted molar refractivity (Wildman–Crippen MR) is 56.8 cm³/mol. The van der Waals surface area contributed by atoms with Crippen LogP contribution in [0.4, 0.5) is 0 Å². The van der Waals surface area contributed by atoms with Crippen molar-refractivity contribution in [1.29, 1.82) is 0 Å². The van der Waals surface area contributed by atoms with E-state index < -0.39 is 0 Å². The summed E-state index contributed by atoms with van der Waals surface area (Å²) in [4.78, 5) is 15.5. The lowest BCUT2D eigenvalue weighted by Crippen LogP contribution is -2.26. The molecule has 0 saturated heterocycles. The molecule has 1 amide bonds. The Labute approximate surface area is 88.6 Å². The first-order chi connectivity index (χ1) is 7.29. The van der Waals surface area contributed by atoms with Gasteiger partial charge in [0.2, 0.25) is 0 Å². The summed E-state index contributed by atoms with van der Waals surface area (Å²) in [5, 5.41) is 2.75. The van der Waals surface area contributed by atoms with Crippen LogP contribution in [0.25, 0.3) is 0 Å². The van der Waals surface area contributed by atoms with Crippen molar-refractivity contribution >= 4 is 5.91 Å². The van der Waals surface area contributed by atoms with Crippen molar-refractivity contribution in [2.45, 2.75) is 6.42 Å². The van der Waals surface area contributed by atoms with Crippen LogP contribution < -0.4 is 15.8 Å². The quantitative estimate of drug-likeness (QED) is 0.678. The van der Waals surface area contributed by atoms with Crippen LogP contribution in [-0.4, -0.2) is 31.1 Å². The molecule has 1 heterocycles. The molecule has 1 aromatic rings. The number of hydrogen-bond donors (Lipinski definition) is 2. The molecule has 0 spiro atoms. The van der Waals surface area contributed by atoms with Crippen molar-refractivity contribution in [2.75, 3.05) is 20.2 Å². The molecule has 15 heavy (non-hydrogen) atoms. The average Bonchev–Trinajstić information content (AvgIpc) is 2.29. The van der Waals surface area contributed by atoms with E-state index in [2.05, 4.69) is 10.3 Å². The van der Waals surface area contributed by atoms with Gasteiger partial charge >= 0.3 is 0 Å². The molecular weight excluding hydrogens is 194 g/mol. The third kappa shape index (κ3) is 3.21. The zero-order valence-electron chi connectivity index (χ0n) is 8.69. The summed E-state index contributed by atoms with van der Waals surface area (Å²) in [6.45, 7) is 1.13. The highest BCUT2D eigenvalue weighted by Gasteiger charge is 2.10. The van der Waals surface area contributed by atoms with E-state index in [4.69, 9.17) is 10.5 Å². The van der Waals surface area contributed by atoms with E-state index in [9.17, 15) is 4.79 Å². The number of methoxy groups -OCH3 is 1. The van der Waals surface area contributed by atoms with E-state index >= 15 is 0 Å². The van der Waals surface area contributed by atoms with E-state index in [1.54, 1.807) is 12.3 Å². The van der Waals surface area contributed by atoms with Gasteiger partial charge in [-0.15, -0.1) is 0 Å². The van der Waals surface area contributed by atoms with Crippen LogP contribution in [0.2, 0.25) is 0 Å². The van der Waals surface area contributed by atoms with Gasteiger partial charge in [-0.2, -0.15) is 0 Å². The Hall–Kier alpha value is -1.62. The molecule has 0 unspecified atom stereocenters. The summed E-state index contributed by atoms with van der Waals surface area (Å²) in [6, 6.07) is 1.62. The standard InChI is InChI=1S/C10H15N3O2/c1-15-9-7-12-6-3-8(9)10(14)13-5-2-4-11/h3,6-7H,2,4-5,11H2,1H3,(H,13,14). The maximum atomic E-state index is 11.6. The monoisotopic (exact) mass is 209 g/mol. The highest BCUT2D eigenvalue weighted by atomic mass is 16.5. The van der Waals surface area contributed by atoms with Crippen LogP contribution >= 0.6 is 0 Å². The second kappa shape index (κ2) is 5.98. The second-order valence-electron chi connectivity index (χ2n) is 2.97. The second-order valence-corrected chi connectivity index (χ2v) is 2.97. The zero-order valence-corrected chi connectivity index (χ0v) is 8.69. The average molecular weight is 209 g/mol. The third-order valence-corrected chi connectivity index (χ3v) is 1.92. The lowest BCUT2D eigenvalue weighted by molar-refractivity contribution is 0.0950. The van der Waals surface area contributed by atoms with Gasteiger partial charge in [-0.3, -0.25) is 9.78 Å². The van der Waals surface area contributed by atoms with Crippen LogP contribution in [0.5, 0.6) is 5.75 Å². The molecule has 0 aliphatic rings. The Morgan fingerprint density at radius 1 is 1.67 bits per heavy atom. The molecule has 82 valence electrons. The Bertz CT molecular complexity index is 328. The summed E-state index contributed by atoms with van der Waals surface area (Å²) in [6.07, 6.45) is 3.83. The SMILES string of the molecule is COc1cnccc1C(=O)NCCCN. The fourth-order valence-electron chi connectivity index (χ4n) is 1.13. The molecule has 0 radical (unpaired) electrons. The van der Waals surface area contributed by atoms with Crippen molar-refractivity contribution in [3.8, 4) is 5.75 Å². The summed E-state index contributed by atoms with van der Waals surface area (Å²) in [5.74, 6) is 0.311. The first-order valence-electron chi connectivity index (χ1n) is 4.76. The largest absolute Gasteiger partial charge is 0.494 e. The molecule has 5 nitrogen and oxygen atoms in total. The topological polar surface area (TPSA) is 77.2 Å². The van der Waals surface area contributed by atoms with Gasteiger partial charge in [-0.25, -0.2) is 0 Å². The minimum atomic E-state index is -0.164. The van der Waals surface area contributed by atoms with Crippen molar-refractivity contribution < 1.29 is 9.53 Å². The van der Waals surface area contributed by atoms with Crippen molar-refractivity contribution in [2.24, 2.45) is 5.73 Å². The van der Waals surface area contributed by atoms with E-state index in [0.717, 1.165) is 6.42 Å². The Kier molecular flexibility index (Phi) is 4.56. The molecule has 0 saturated carbocycles. The van der Waals surface area contributed by atoms with E-state index in [1.807, 2.05) is 0 Å². The molecule has 0 bridgehead atoms. The van der Waals surface area contributed by atoms with Gasteiger partial charge in [-0.05, 0) is 19.0 Å². The number of nitrogens with one attached hydrogen (secondary N) is 1. The smallest absolute Gasteiger partial charge is 0.255 e. The van der Waals surface area contributed by atoms with Crippen LogP contribution in [0.3, 0.4) is 0 Å². The maximum absolute atomic E-state index is 11.6. The highest BCUT2D eigenvalue weighted by Crippen LogP contribution is 2.14. The van der Waals surface area contributed by atoms with Crippen LogP contribution in [0.1, 0.15) is 16.8 Å². The van der Waals surface area contributed by atoms with Crippen LogP contribution in [0.15, 0.2) is 18.5 Å². The molecular formula is C10H15N3O2. The number of nitrogens with two attached hydrogens (primary N) is 1. The van der Waals surface area contributed by atoms with Crippen molar-refractivity contribution in [3.05, 3.63) is 24.0 Å². The predicted octanol–water partition coefficient (Wildman–Crippen LogP) is 0.169. The number of nitrogens with zero attached hydrogens (tertiary/aromatic N) is 1. The van der Waals surface area contributed by atoms with Gasteiger partial charge in [0.25, 0.3) is 5.91 Å². The zero-order chi connectivity index (χ0) is 11.1. The molecule has 0 aromatic carbocycles. The van der Waals surface area contributed by atoms with E-state index in [1.165, 1.54) is 13.3 Å². The number of carbonyl (C=O) groups excluding carboxylic acids is 1. The van der Waals surface area contributed by atoms with Crippen LogP contribution in [0, 0.1) is 0 Å². The molecule has 0 fully saturated rings. The molecule has 3 N–H and O–H groups in total. The highest BCUT2D eigenvalue weighted by molar-refractivity contribution is 5.96. The van der Waals surface area contributed by atoms with Gasteiger partial charge < -0.3 is 15.8 Å². The first kappa shape index (κ1) is 11.5. The number of ether oxygens (including phenoxy) is 1. The molecule has 0 atom stereocenters. The Balaban J connectivity index is 2.64. The van der Waals surface area contributed by atoms with Gasteiger partial charge in [0.05, 0.1) is 18.9 Å². The molecule has 0 aliphatic heterocycles. The first-order valence-corrected chi connectivity index (χ1v) is 4.76. The van der Waals surface area contributed by atoms with Gasteiger partial charge in [0, 0.05) is 12.7 Å². The maximum Gasteiger partial charge on any atom is 0.255 e. The summed E-state index contributed by atoms with van der Waals surface area (Å²) < 4.78 is 5.02. The van der Waals surface area contributed by atoms with Gasteiger partial charge in [-0.1, -0.05) is 0 Å².